The molecule has 0 radical (unpaired) electrons. The average Bonchev–Trinajstić information content (AvgIpc) is 2.96. The lowest BCUT2D eigenvalue weighted by molar-refractivity contribution is 0.273. The van der Waals surface area contributed by atoms with Crippen molar-refractivity contribution in [3.05, 3.63) is 48.6 Å². The van der Waals surface area contributed by atoms with Crippen LogP contribution in [0.5, 0.6) is 0 Å². The highest BCUT2D eigenvalue weighted by molar-refractivity contribution is 5.60. The highest BCUT2D eigenvalue weighted by atomic mass is 16.5. The van der Waals surface area contributed by atoms with Crippen molar-refractivity contribution in [2.75, 3.05) is 6.54 Å². The van der Waals surface area contributed by atoms with Crippen LogP contribution in [0.4, 0.5) is 0 Å². The van der Waals surface area contributed by atoms with Crippen molar-refractivity contribution in [1.82, 2.24) is 25.4 Å². The zero-order valence-corrected chi connectivity index (χ0v) is 11.2. The first kappa shape index (κ1) is 12.2. The minimum absolute atomic E-state index is 0.194. The van der Waals surface area contributed by atoms with Gasteiger partial charge in [0.1, 0.15) is 5.69 Å². The fourth-order valence-corrected chi connectivity index (χ4v) is 2.19. The van der Waals surface area contributed by atoms with Crippen molar-refractivity contribution in [3.63, 3.8) is 0 Å². The van der Waals surface area contributed by atoms with Gasteiger partial charge in [-0.25, -0.2) is 0 Å². The van der Waals surface area contributed by atoms with Crippen LogP contribution in [0.15, 0.2) is 47.2 Å². The number of nitrogens with zero attached hydrogens (tertiary/aromatic N) is 4. The monoisotopic (exact) mass is 279 g/mol. The number of nitrogens with one attached hydrogen (secondary N) is 1. The first-order valence-corrected chi connectivity index (χ1v) is 6.85. The van der Waals surface area contributed by atoms with E-state index in [0.29, 0.717) is 17.4 Å². The van der Waals surface area contributed by atoms with Crippen LogP contribution >= 0.6 is 0 Å². The molecule has 1 atom stereocenters. The second-order valence-corrected chi connectivity index (χ2v) is 4.90. The molecule has 0 bridgehead atoms. The van der Waals surface area contributed by atoms with Crippen LogP contribution in [0, 0.1) is 0 Å². The van der Waals surface area contributed by atoms with E-state index in [0.717, 1.165) is 24.2 Å². The predicted octanol–water partition coefficient (Wildman–Crippen LogP) is 2.23. The lowest BCUT2D eigenvalue weighted by Gasteiger charge is -2.23. The van der Waals surface area contributed by atoms with Gasteiger partial charge in [-0.3, -0.25) is 9.97 Å². The standard InChI is InChI=1S/C15H13N5O/c1-2-7-16-11(3-1)10-4-5-12(18-9-10)14-19-15(21-20-14)13-6-8-17-13/h1-5,7,9,13,17H,6,8H2. The summed E-state index contributed by atoms with van der Waals surface area (Å²) in [6.45, 7) is 0.999. The van der Waals surface area contributed by atoms with E-state index in [2.05, 4.69) is 25.4 Å². The molecule has 1 saturated heterocycles. The molecular formula is C15H13N5O. The second-order valence-electron chi connectivity index (χ2n) is 4.90. The molecule has 1 unspecified atom stereocenters. The molecule has 1 N–H and O–H groups in total. The molecule has 0 aliphatic carbocycles. The van der Waals surface area contributed by atoms with Gasteiger partial charge in [0, 0.05) is 18.0 Å². The number of pyridine rings is 2. The molecule has 0 saturated carbocycles. The van der Waals surface area contributed by atoms with Crippen molar-refractivity contribution in [1.29, 1.82) is 0 Å². The summed E-state index contributed by atoms with van der Waals surface area (Å²) in [6, 6.07) is 9.83. The van der Waals surface area contributed by atoms with Crippen LogP contribution in [0.3, 0.4) is 0 Å². The highest BCUT2D eigenvalue weighted by Gasteiger charge is 2.25. The van der Waals surface area contributed by atoms with E-state index in [1.54, 1.807) is 12.4 Å². The quantitative estimate of drug-likeness (QED) is 0.792. The lowest BCUT2D eigenvalue weighted by atomic mass is 10.1. The Morgan fingerprint density at radius 3 is 2.71 bits per heavy atom. The second kappa shape index (κ2) is 5.06. The summed E-state index contributed by atoms with van der Waals surface area (Å²) in [4.78, 5) is 13.1. The van der Waals surface area contributed by atoms with E-state index in [1.807, 2.05) is 30.3 Å². The van der Waals surface area contributed by atoms with Crippen molar-refractivity contribution in [2.45, 2.75) is 12.5 Å². The zero-order chi connectivity index (χ0) is 14.1. The topological polar surface area (TPSA) is 76.7 Å². The first-order valence-electron chi connectivity index (χ1n) is 6.85. The summed E-state index contributed by atoms with van der Waals surface area (Å²) in [5.41, 5.74) is 2.55. The molecular weight excluding hydrogens is 266 g/mol. The van der Waals surface area contributed by atoms with Crippen molar-refractivity contribution in [2.24, 2.45) is 0 Å². The molecule has 1 aliphatic heterocycles. The fraction of sp³-hybridized carbons (Fsp3) is 0.200. The molecule has 1 fully saturated rings. The van der Waals surface area contributed by atoms with Gasteiger partial charge in [-0.1, -0.05) is 11.2 Å². The van der Waals surface area contributed by atoms with Crippen molar-refractivity contribution >= 4 is 0 Å². The number of rotatable bonds is 3. The Hall–Kier alpha value is -2.60. The summed E-state index contributed by atoms with van der Waals surface area (Å²) in [7, 11) is 0. The van der Waals surface area contributed by atoms with Crippen LogP contribution in [0.25, 0.3) is 22.8 Å². The summed E-state index contributed by atoms with van der Waals surface area (Å²) >= 11 is 0. The molecule has 6 heteroatoms. The third kappa shape index (κ3) is 2.30. The van der Waals surface area contributed by atoms with Gasteiger partial charge in [-0.05, 0) is 37.2 Å². The van der Waals surface area contributed by atoms with Gasteiger partial charge in [-0.2, -0.15) is 4.98 Å². The molecule has 0 aromatic carbocycles. The molecule has 1 aliphatic rings. The number of hydrogen-bond acceptors (Lipinski definition) is 6. The SMILES string of the molecule is c1ccc(-c2ccc(-c3noc(C4CCN4)n3)nc2)nc1. The normalized spacial score (nSPS) is 17.4. The molecule has 21 heavy (non-hydrogen) atoms. The number of aromatic nitrogens is 4. The first-order chi connectivity index (χ1) is 10.4. The number of hydrogen-bond donors (Lipinski definition) is 1. The Morgan fingerprint density at radius 2 is 2.05 bits per heavy atom. The molecule has 4 heterocycles. The van der Waals surface area contributed by atoms with Gasteiger partial charge in [0.15, 0.2) is 0 Å². The summed E-state index contributed by atoms with van der Waals surface area (Å²) in [6.07, 6.45) is 4.57. The van der Waals surface area contributed by atoms with Crippen LogP contribution in [-0.2, 0) is 0 Å². The van der Waals surface area contributed by atoms with E-state index in [1.165, 1.54) is 0 Å². The average molecular weight is 279 g/mol. The maximum atomic E-state index is 5.26. The van der Waals surface area contributed by atoms with Gasteiger partial charge in [0.2, 0.25) is 11.7 Å². The smallest absolute Gasteiger partial charge is 0.244 e. The summed E-state index contributed by atoms with van der Waals surface area (Å²) < 4.78 is 5.26. The van der Waals surface area contributed by atoms with E-state index in [4.69, 9.17) is 4.52 Å². The largest absolute Gasteiger partial charge is 0.337 e. The fourth-order valence-electron chi connectivity index (χ4n) is 2.19. The summed E-state index contributed by atoms with van der Waals surface area (Å²) in [5.74, 6) is 1.15. The van der Waals surface area contributed by atoms with Crippen LogP contribution in [0.2, 0.25) is 0 Å². The Morgan fingerprint density at radius 1 is 1.10 bits per heavy atom. The van der Waals surface area contributed by atoms with E-state index in [9.17, 15) is 0 Å². The Kier molecular flexibility index (Phi) is 2.93. The Balaban J connectivity index is 1.60. The Bertz CT molecular complexity index is 734. The van der Waals surface area contributed by atoms with E-state index in [-0.39, 0.29) is 6.04 Å². The van der Waals surface area contributed by atoms with Crippen molar-refractivity contribution < 1.29 is 4.52 Å². The summed E-state index contributed by atoms with van der Waals surface area (Å²) in [5, 5.41) is 7.22. The van der Waals surface area contributed by atoms with Crippen LogP contribution in [-0.4, -0.2) is 26.7 Å². The zero-order valence-electron chi connectivity index (χ0n) is 11.2. The minimum atomic E-state index is 0.194. The maximum absolute atomic E-state index is 5.26. The van der Waals surface area contributed by atoms with Crippen molar-refractivity contribution in [3.8, 4) is 22.8 Å². The van der Waals surface area contributed by atoms with E-state index < -0.39 is 0 Å². The van der Waals surface area contributed by atoms with Crippen LogP contribution < -0.4 is 5.32 Å². The minimum Gasteiger partial charge on any atom is -0.337 e. The van der Waals surface area contributed by atoms with Gasteiger partial charge >= 0.3 is 0 Å². The highest BCUT2D eigenvalue weighted by Crippen LogP contribution is 2.24. The van der Waals surface area contributed by atoms with Gasteiger partial charge in [0.25, 0.3) is 0 Å². The molecule has 4 rings (SSSR count). The molecule has 3 aromatic rings. The van der Waals surface area contributed by atoms with E-state index >= 15 is 0 Å². The van der Waals surface area contributed by atoms with Crippen LogP contribution in [0.1, 0.15) is 18.4 Å². The van der Waals surface area contributed by atoms with Gasteiger partial charge in [-0.15, -0.1) is 0 Å². The predicted molar refractivity (Wildman–Crippen MR) is 76.1 cm³/mol. The van der Waals surface area contributed by atoms with Gasteiger partial charge < -0.3 is 9.84 Å². The molecule has 3 aromatic heterocycles. The third-order valence-corrected chi connectivity index (χ3v) is 3.52. The Labute approximate surface area is 121 Å². The van der Waals surface area contributed by atoms with Gasteiger partial charge in [0.05, 0.1) is 11.7 Å². The molecule has 6 nitrogen and oxygen atoms in total. The molecule has 0 amide bonds. The third-order valence-electron chi connectivity index (χ3n) is 3.52. The molecule has 104 valence electrons. The molecule has 0 spiro atoms. The maximum Gasteiger partial charge on any atom is 0.244 e. The lowest BCUT2D eigenvalue weighted by Crippen LogP contribution is -2.35.